The molecule has 0 spiro atoms. The second-order valence-electron chi connectivity index (χ2n) is 4.75. The van der Waals surface area contributed by atoms with Crippen molar-refractivity contribution in [1.29, 1.82) is 0 Å². The number of hydrazine groups is 1. The van der Waals surface area contributed by atoms with Gasteiger partial charge in [-0.05, 0) is 19.1 Å². The summed E-state index contributed by atoms with van der Waals surface area (Å²) in [7, 11) is 0. The van der Waals surface area contributed by atoms with Crippen LogP contribution in [0.25, 0.3) is 0 Å². The summed E-state index contributed by atoms with van der Waals surface area (Å²) < 4.78 is 0. The van der Waals surface area contributed by atoms with Gasteiger partial charge in [-0.15, -0.1) is 11.8 Å². The first-order valence-electron chi connectivity index (χ1n) is 6.49. The molecule has 0 fully saturated rings. The van der Waals surface area contributed by atoms with Gasteiger partial charge in [0.15, 0.2) is 0 Å². The molecule has 6 heteroatoms. The summed E-state index contributed by atoms with van der Waals surface area (Å²) in [5.41, 5.74) is 0.908. The van der Waals surface area contributed by atoms with Crippen molar-refractivity contribution in [2.75, 3.05) is 16.6 Å². The van der Waals surface area contributed by atoms with E-state index in [4.69, 9.17) is 5.84 Å². The minimum absolute atomic E-state index is 0.0745. The Morgan fingerprint density at radius 2 is 1.95 bits per heavy atom. The van der Waals surface area contributed by atoms with E-state index in [9.17, 15) is 15.0 Å². The minimum atomic E-state index is -0.772. The van der Waals surface area contributed by atoms with Crippen molar-refractivity contribution in [1.82, 2.24) is 0 Å². The predicted octanol–water partition coefficient (Wildman–Crippen LogP) is 1.15. The molecule has 20 heavy (non-hydrogen) atoms. The molecule has 0 bridgehead atoms. The maximum atomic E-state index is 10.8. The van der Waals surface area contributed by atoms with Crippen molar-refractivity contribution in [3.05, 3.63) is 30.3 Å². The summed E-state index contributed by atoms with van der Waals surface area (Å²) >= 11 is 1.48. The first-order valence-corrected chi connectivity index (χ1v) is 7.65. The van der Waals surface area contributed by atoms with Crippen molar-refractivity contribution in [3.8, 4) is 0 Å². The molecule has 112 valence electrons. The van der Waals surface area contributed by atoms with E-state index in [0.717, 1.165) is 5.69 Å². The van der Waals surface area contributed by atoms with E-state index in [1.807, 2.05) is 30.3 Å². The fourth-order valence-electron chi connectivity index (χ4n) is 1.78. The number of thioether (sulfide) groups is 1. The van der Waals surface area contributed by atoms with E-state index in [1.54, 1.807) is 5.01 Å². The van der Waals surface area contributed by atoms with Crippen LogP contribution in [0.15, 0.2) is 30.3 Å². The SMILES string of the molecule is CC(=O)CC(O)CC(O)CSCN(N)c1ccccc1. The van der Waals surface area contributed by atoms with Crippen molar-refractivity contribution < 1.29 is 15.0 Å². The molecule has 0 aliphatic heterocycles. The Labute approximate surface area is 123 Å². The molecule has 4 N–H and O–H groups in total. The lowest BCUT2D eigenvalue weighted by Gasteiger charge is -2.19. The van der Waals surface area contributed by atoms with Gasteiger partial charge >= 0.3 is 0 Å². The lowest BCUT2D eigenvalue weighted by atomic mass is 10.1. The highest BCUT2D eigenvalue weighted by atomic mass is 32.2. The molecule has 5 nitrogen and oxygen atoms in total. The van der Waals surface area contributed by atoms with Gasteiger partial charge in [-0.25, -0.2) is 5.84 Å². The van der Waals surface area contributed by atoms with Crippen molar-refractivity contribution >= 4 is 23.2 Å². The number of hydrogen-bond acceptors (Lipinski definition) is 6. The topological polar surface area (TPSA) is 86.8 Å². The third-order valence-corrected chi connectivity index (χ3v) is 3.78. The fraction of sp³-hybridized carbons (Fsp3) is 0.500. The Kier molecular flexibility index (Phi) is 7.61. The van der Waals surface area contributed by atoms with Gasteiger partial charge in [0.2, 0.25) is 0 Å². The Morgan fingerprint density at radius 1 is 1.30 bits per heavy atom. The van der Waals surface area contributed by atoms with E-state index >= 15 is 0 Å². The van der Waals surface area contributed by atoms with Crippen LogP contribution in [-0.2, 0) is 4.79 Å². The summed E-state index contributed by atoms with van der Waals surface area (Å²) in [5.74, 6) is 6.82. The lowest BCUT2D eigenvalue weighted by Crippen LogP contribution is -2.31. The van der Waals surface area contributed by atoms with Gasteiger partial charge in [0.05, 0.1) is 23.8 Å². The summed E-state index contributed by atoms with van der Waals surface area (Å²) in [6.45, 7) is 1.43. The third kappa shape index (κ3) is 6.91. The number of nitrogens with zero attached hydrogens (tertiary/aromatic N) is 1. The largest absolute Gasteiger partial charge is 0.393 e. The van der Waals surface area contributed by atoms with Crippen LogP contribution >= 0.6 is 11.8 Å². The predicted molar refractivity (Wildman–Crippen MR) is 82.4 cm³/mol. The van der Waals surface area contributed by atoms with Gasteiger partial charge in [0.1, 0.15) is 5.78 Å². The van der Waals surface area contributed by atoms with Crippen LogP contribution < -0.4 is 10.9 Å². The Balaban J connectivity index is 2.21. The number of rotatable bonds is 9. The number of carbonyl (C=O) groups excluding carboxylic acids is 1. The Morgan fingerprint density at radius 3 is 2.55 bits per heavy atom. The molecule has 0 aromatic heterocycles. The van der Waals surface area contributed by atoms with Gasteiger partial charge in [-0.2, -0.15) is 0 Å². The summed E-state index contributed by atoms with van der Waals surface area (Å²) in [5, 5.41) is 20.9. The molecule has 1 aromatic rings. The normalized spacial score (nSPS) is 13.8. The third-order valence-electron chi connectivity index (χ3n) is 2.70. The van der Waals surface area contributed by atoms with Crippen LogP contribution in [0, 0.1) is 0 Å². The quantitative estimate of drug-likeness (QED) is 0.360. The van der Waals surface area contributed by atoms with Crippen molar-refractivity contribution in [2.24, 2.45) is 5.84 Å². The molecule has 0 saturated carbocycles. The first kappa shape index (κ1) is 17.0. The maximum absolute atomic E-state index is 10.8. The van der Waals surface area contributed by atoms with Crippen LogP contribution in [0.2, 0.25) is 0 Å². The van der Waals surface area contributed by atoms with E-state index in [0.29, 0.717) is 11.6 Å². The molecular formula is C14H22N2O3S. The monoisotopic (exact) mass is 298 g/mol. The molecule has 0 aliphatic carbocycles. The molecule has 0 radical (unpaired) electrons. The van der Waals surface area contributed by atoms with E-state index < -0.39 is 12.2 Å². The number of hydrogen-bond donors (Lipinski definition) is 3. The smallest absolute Gasteiger partial charge is 0.132 e. The minimum Gasteiger partial charge on any atom is -0.393 e. The number of aliphatic hydroxyl groups is 2. The van der Waals surface area contributed by atoms with Gasteiger partial charge < -0.3 is 15.2 Å². The second-order valence-corrected chi connectivity index (χ2v) is 5.75. The number of carbonyl (C=O) groups is 1. The maximum Gasteiger partial charge on any atom is 0.132 e. The van der Waals surface area contributed by atoms with Crippen LogP contribution in [0.3, 0.4) is 0 Å². The number of nitrogens with two attached hydrogens (primary N) is 1. The molecule has 0 amide bonds. The summed E-state index contributed by atoms with van der Waals surface area (Å²) in [6, 6.07) is 9.56. The summed E-state index contributed by atoms with van der Waals surface area (Å²) in [6.07, 6.45) is -1.11. The highest BCUT2D eigenvalue weighted by Gasteiger charge is 2.14. The first-order chi connectivity index (χ1) is 9.49. The van der Waals surface area contributed by atoms with Crippen molar-refractivity contribution in [3.63, 3.8) is 0 Å². The van der Waals surface area contributed by atoms with Crippen LogP contribution in [0.1, 0.15) is 19.8 Å². The fourth-order valence-corrected chi connectivity index (χ4v) is 2.64. The zero-order chi connectivity index (χ0) is 15.0. The number of para-hydroxylation sites is 1. The molecule has 2 atom stereocenters. The van der Waals surface area contributed by atoms with Crippen LogP contribution in [-0.4, -0.2) is 39.8 Å². The van der Waals surface area contributed by atoms with Gasteiger partial charge in [-0.3, -0.25) is 4.79 Å². The standard InChI is InChI=1S/C14H22N2O3S/c1-11(17)7-13(18)8-14(19)9-20-10-16(15)12-5-3-2-4-6-12/h2-6,13-14,18-19H,7-10,15H2,1H3. The highest BCUT2D eigenvalue weighted by molar-refractivity contribution is 7.99. The molecule has 0 aliphatic rings. The Hall–Kier alpha value is -1.08. The lowest BCUT2D eigenvalue weighted by molar-refractivity contribution is -0.119. The highest BCUT2D eigenvalue weighted by Crippen LogP contribution is 2.15. The van der Waals surface area contributed by atoms with Crippen molar-refractivity contribution in [2.45, 2.75) is 32.0 Å². The molecule has 1 aromatic carbocycles. The summed E-state index contributed by atoms with van der Waals surface area (Å²) in [4.78, 5) is 10.8. The second kappa shape index (κ2) is 8.97. The van der Waals surface area contributed by atoms with Crippen LogP contribution in [0.5, 0.6) is 0 Å². The van der Waals surface area contributed by atoms with Crippen LogP contribution in [0.4, 0.5) is 5.69 Å². The zero-order valence-corrected chi connectivity index (χ0v) is 12.4. The molecule has 2 unspecified atom stereocenters. The number of aliphatic hydroxyl groups excluding tert-OH is 2. The molecule has 0 saturated heterocycles. The van der Waals surface area contributed by atoms with E-state index in [-0.39, 0.29) is 18.6 Å². The van der Waals surface area contributed by atoms with E-state index in [2.05, 4.69) is 0 Å². The number of Topliss-reactive ketones (excluding diaryl/α,β-unsaturated/α-hetero) is 1. The van der Waals surface area contributed by atoms with Gasteiger partial charge in [-0.1, -0.05) is 18.2 Å². The average molecular weight is 298 g/mol. The molecule has 0 heterocycles. The average Bonchev–Trinajstić information content (AvgIpc) is 2.38. The molecular weight excluding hydrogens is 276 g/mol. The number of ketones is 1. The molecule has 1 rings (SSSR count). The number of anilines is 1. The zero-order valence-electron chi connectivity index (χ0n) is 11.6. The van der Waals surface area contributed by atoms with Gasteiger partial charge in [0.25, 0.3) is 0 Å². The van der Waals surface area contributed by atoms with Gasteiger partial charge in [0, 0.05) is 18.6 Å². The number of benzene rings is 1. The Bertz CT molecular complexity index is 403. The van der Waals surface area contributed by atoms with E-state index in [1.165, 1.54) is 18.7 Å².